The van der Waals surface area contributed by atoms with Crippen molar-refractivity contribution in [2.24, 2.45) is 0 Å². The van der Waals surface area contributed by atoms with Crippen molar-refractivity contribution in [3.63, 3.8) is 0 Å². The van der Waals surface area contributed by atoms with E-state index in [0.29, 0.717) is 31.2 Å². The summed E-state index contributed by atoms with van der Waals surface area (Å²) in [7, 11) is 1.55. The minimum Gasteiger partial charge on any atom is -0.451 e. The SMILES string of the molecule is COCCNC(=O)COC(=O)c1cc(-c2ccccc2)c(N2CCOCC2)s1. The van der Waals surface area contributed by atoms with Crippen LogP contribution in [0.15, 0.2) is 36.4 Å². The lowest BCUT2D eigenvalue weighted by molar-refractivity contribution is -0.124. The Morgan fingerprint density at radius 1 is 1.21 bits per heavy atom. The lowest BCUT2D eigenvalue weighted by atomic mass is 10.1. The first-order valence-electron chi connectivity index (χ1n) is 9.13. The number of hydrogen-bond acceptors (Lipinski definition) is 7. The molecule has 7 nitrogen and oxygen atoms in total. The molecular formula is C20H24N2O5S. The van der Waals surface area contributed by atoms with E-state index >= 15 is 0 Å². The summed E-state index contributed by atoms with van der Waals surface area (Å²) in [6.45, 7) is 3.35. The second kappa shape index (κ2) is 10.2. The average Bonchev–Trinajstić information content (AvgIpc) is 3.19. The van der Waals surface area contributed by atoms with E-state index in [4.69, 9.17) is 14.2 Å². The van der Waals surface area contributed by atoms with Gasteiger partial charge in [0.15, 0.2) is 6.61 Å². The van der Waals surface area contributed by atoms with Crippen LogP contribution in [0.4, 0.5) is 5.00 Å². The molecule has 1 saturated heterocycles. The maximum atomic E-state index is 12.5. The predicted molar refractivity (Wildman–Crippen MR) is 108 cm³/mol. The monoisotopic (exact) mass is 404 g/mol. The molecular weight excluding hydrogens is 380 g/mol. The number of morpholine rings is 1. The van der Waals surface area contributed by atoms with Crippen molar-refractivity contribution in [1.82, 2.24) is 5.32 Å². The second-order valence-electron chi connectivity index (χ2n) is 6.21. The number of amides is 1. The molecule has 2 aromatic rings. The van der Waals surface area contributed by atoms with Crippen LogP contribution >= 0.6 is 11.3 Å². The van der Waals surface area contributed by atoms with Crippen molar-refractivity contribution < 1.29 is 23.8 Å². The Bertz CT molecular complexity index is 787. The van der Waals surface area contributed by atoms with Crippen LogP contribution in [-0.2, 0) is 19.0 Å². The smallest absolute Gasteiger partial charge is 0.348 e. The van der Waals surface area contributed by atoms with Gasteiger partial charge < -0.3 is 24.4 Å². The standard InChI is InChI=1S/C20H24N2O5S/c1-25-10-7-21-18(23)14-27-20(24)17-13-16(15-5-3-2-4-6-15)19(28-17)22-8-11-26-12-9-22/h2-6,13H,7-12,14H2,1H3,(H,21,23). The Balaban J connectivity index is 1.73. The maximum absolute atomic E-state index is 12.5. The number of anilines is 1. The highest BCUT2D eigenvalue weighted by atomic mass is 32.1. The van der Waals surface area contributed by atoms with Gasteiger partial charge >= 0.3 is 5.97 Å². The Labute approximate surface area is 168 Å². The van der Waals surface area contributed by atoms with Crippen LogP contribution in [0.5, 0.6) is 0 Å². The van der Waals surface area contributed by atoms with Gasteiger partial charge in [0.25, 0.3) is 5.91 Å². The Morgan fingerprint density at radius 3 is 2.68 bits per heavy atom. The van der Waals surface area contributed by atoms with E-state index in [1.807, 2.05) is 36.4 Å². The number of carbonyl (C=O) groups excluding carboxylic acids is 2. The van der Waals surface area contributed by atoms with E-state index in [0.717, 1.165) is 29.2 Å². The highest BCUT2D eigenvalue weighted by Crippen LogP contribution is 2.39. The van der Waals surface area contributed by atoms with Crippen molar-refractivity contribution in [2.45, 2.75) is 0 Å². The van der Waals surface area contributed by atoms with Crippen molar-refractivity contribution >= 4 is 28.2 Å². The maximum Gasteiger partial charge on any atom is 0.348 e. The van der Waals surface area contributed by atoms with Crippen LogP contribution < -0.4 is 10.2 Å². The van der Waals surface area contributed by atoms with E-state index in [2.05, 4.69) is 10.2 Å². The number of nitrogens with one attached hydrogen (secondary N) is 1. The molecule has 0 atom stereocenters. The molecule has 1 aliphatic rings. The summed E-state index contributed by atoms with van der Waals surface area (Å²) in [5.74, 6) is -0.845. The molecule has 0 unspecified atom stereocenters. The fourth-order valence-electron chi connectivity index (χ4n) is 2.85. The van der Waals surface area contributed by atoms with Gasteiger partial charge in [0.2, 0.25) is 0 Å². The van der Waals surface area contributed by atoms with E-state index in [1.165, 1.54) is 11.3 Å². The van der Waals surface area contributed by atoms with Crippen molar-refractivity contribution in [2.75, 3.05) is 58.1 Å². The predicted octanol–water partition coefficient (Wildman–Crippen LogP) is 2.17. The number of carbonyl (C=O) groups is 2. The summed E-state index contributed by atoms with van der Waals surface area (Å²) < 4.78 is 15.5. The van der Waals surface area contributed by atoms with Crippen molar-refractivity contribution in [3.8, 4) is 11.1 Å². The lowest BCUT2D eigenvalue weighted by Crippen LogP contribution is -2.35. The van der Waals surface area contributed by atoms with Crippen LogP contribution in [0.3, 0.4) is 0 Å². The number of hydrogen-bond donors (Lipinski definition) is 1. The third-order valence-corrected chi connectivity index (χ3v) is 5.44. The van der Waals surface area contributed by atoms with Crippen LogP contribution in [0.1, 0.15) is 9.67 Å². The molecule has 1 N–H and O–H groups in total. The highest BCUT2D eigenvalue weighted by molar-refractivity contribution is 7.18. The second-order valence-corrected chi connectivity index (χ2v) is 7.24. The van der Waals surface area contributed by atoms with Crippen LogP contribution in [0.25, 0.3) is 11.1 Å². The number of ether oxygens (including phenoxy) is 3. The van der Waals surface area contributed by atoms with E-state index < -0.39 is 5.97 Å². The molecule has 0 radical (unpaired) electrons. The van der Waals surface area contributed by atoms with Crippen LogP contribution in [0, 0.1) is 0 Å². The molecule has 0 aliphatic carbocycles. The summed E-state index contributed by atoms with van der Waals surface area (Å²) in [5.41, 5.74) is 2.03. The van der Waals surface area contributed by atoms with Gasteiger partial charge in [-0.3, -0.25) is 4.79 Å². The van der Waals surface area contributed by atoms with Gasteiger partial charge in [-0.05, 0) is 11.6 Å². The molecule has 3 rings (SSSR count). The molecule has 0 spiro atoms. The van der Waals surface area contributed by atoms with Gasteiger partial charge in [-0.1, -0.05) is 30.3 Å². The quantitative estimate of drug-likeness (QED) is 0.537. The third-order valence-electron chi connectivity index (χ3n) is 4.26. The first kappa shape index (κ1) is 20.3. The van der Waals surface area contributed by atoms with Crippen molar-refractivity contribution in [3.05, 3.63) is 41.3 Å². The van der Waals surface area contributed by atoms with Gasteiger partial charge in [0, 0.05) is 32.3 Å². The number of thiophene rings is 1. The number of nitrogens with zero attached hydrogens (tertiary/aromatic N) is 1. The fourth-order valence-corrected chi connectivity index (χ4v) is 3.98. The Morgan fingerprint density at radius 2 is 1.96 bits per heavy atom. The largest absolute Gasteiger partial charge is 0.451 e. The van der Waals surface area contributed by atoms with Gasteiger partial charge in [0.05, 0.1) is 24.8 Å². The Kier molecular flexibility index (Phi) is 7.41. The Hall–Kier alpha value is -2.42. The molecule has 0 bridgehead atoms. The van der Waals surface area contributed by atoms with Gasteiger partial charge in [0.1, 0.15) is 4.88 Å². The first-order chi connectivity index (χ1) is 13.7. The van der Waals surface area contributed by atoms with Crippen molar-refractivity contribution in [1.29, 1.82) is 0 Å². The van der Waals surface area contributed by atoms with E-state index in [-0.39, 0.29) is 12.5 Å². The summed E-state index contributed by atoms with van der Waals surface area (Å²) in [5, 5.41) is 3.64. The topological polar surface area (TPSA) is 77.1 Å². The van der Waals surface area contributed by atoms with E-state index in [1.54, 1.807) is 7.11 Å². The molecule has 1 amide bonds. The molecule has 1 aromatic carbocycles. The minimum absolute atomic E-state index is 0.312. The molecule has 2 heterocycles. The number of benzene rings is 1. The van der Waals surface area contributed by atoms with Gasteiger partial charge in [-0.25, -0.2) is 4.79 Å². The van der Waals surface area contributed by atoms with E-state index in [9.17, 15) is 9.59 Å². The highest BCUT2D eigenvalue weighted by Gasteiger charge is 2.23. The number of esters is 1. The number of methoxy groups -OCH3 is 1. The zero-order valence-electron chi connectivity index (χ0n) is 15.8. The molecule has 8 heteroatoms. The van der Waals surface area contributed by atoms with Gasteiger partial charge in [-0.2, -0.15) is 0 Å². The zero-order valence-corrected chi connectivity index (χ0v) is 16.6. The lowest BCUT2D eigenvalue weighted by Gasteiger charge is -2.28. The molecule has 1 aliphatic heterocycles. The normalized spacial score (nSPS) is 14.0. The molecule has 150 valence electrons. The zero-order chi connectivity index (χ0) is 19.8. The number of rotatable bonds is 8. The summed E-state index contributed by atoms with van der Waals surface area (Å²) in [6.07, 6.45) is 0. The summed E-state index contributed by atoms with van der Waals surface area (Å²) in [6, 6.07) is 11.8. The molecule has 1 aromatic heterocycles. The minimum atomic E-state index is -0.497. The first-order valence-corrected chi connectivity index (χ1v) is 9.95. The molecule has 1 fully saturated rings. The molecule has 0 saturated carbocycles. The van der Waals surface area contributed by atoms with Crippen LogP contribution in [-0.4, -0.2) is 65.0 Å². The molecule has 28 heavy (non-hydrogen) atoms. The fraction of sp³-hybridized carbons (Fsp3) is 0.400. The third kappa shape index (κ3) is 5.31. The average molecular weight is 404 g/mol. The van der Waals surface area contributed by atoms with Gasteiger partial charge in [-0.15, -0.1) is 11.3 Å². The van der Waals surface area contributed by atoms with Crippen LogP contribution in [0.2, 0.25) is 0 Å². The summed E-state index contributed by atoms with van der Waals surface area (Å²) in [4.78, 5) is 26.9. The summed E-state index contributed by atoms with van der Waals surface area (Å²) >= 11 is 1.39.